The number of benzene rings is 1. The molecule has 0 aromatic heterocycles. The Balaban J connectivity index is 1.56. The SMILES string of the molecule is CC(c1ccccc1)N1CC(C(=O)N2CCN(C(=O)CCCl)CC2)CC1=O. The van der Waals surface area contributed by atoms with Crippen LogP contribution in [0.15, 0.2) is 30.3 Å². The maximum Gasteiger partial charge on any atom is 0.228 e. The van der Waals surface area contributed by atoms with Crippen molar-refractivity contribution in [3.63, 3.8) is 0 Å². The molecule has 0 saturated carbocycles. The predicted molar refractivity (Wildman–Crippen MR) is 103 cm³/mol. The molecule has 2 unspecified atom stereocenters. The van der Waals surface area contributed by atoms with Crippen molar-refractivity contribution in [1.82, 2.24) is 14.7 Å². The van der Waals surface area contributed by atoms with Gasteiger partial charge in [-0.25, -0.2) is 0 Å². The van der Waals surface area contributed by atoms with E-state index in [9.17, 15) is 14.4 Å². The summed E-state index contributed by atoms with van der Waals surface area (Å²) in [6, 6.07) is 9.84. The Bertz CT molecular complexity index is 689. The van der Waals surface area contributed by atoms with Crippen molar-refractivity contribution in [1.29, 1.82) is 0 Å². The summed E-state index contributed by atoms with van der Waals surface area (Å²) in [5.74, 6) is 0.110. The van der Waals surface area contributed by atoms with E-state index >= 15 is 0 Å². The molecule has 146 valence electrons. The first-order chi connectivity index (χ1) is 13.0. The summed E-state index contributed by atoms with van der Waals surface area (Å²) in [7, 11) is 0. The van der Waals surface area contributed by atoms with E-state index in [1.807, 2.05) is 37.3 Å². The summed E-state index contributed by atoms with van der Waals surface area (Å²) in [6.45, 7) is 4.57. The molecule has 0 bridgehead atoms. The molecule has 7 heteroatoms. The molecule has 0 radical (unpaired) electrons. The van der Waals surface area contributed by atoms with Crippen LogP contribution in [0.1, 0.15) is 31.4 Å². The minimum atomic E-state index is -0.297. The van der Waals surface area contributed by atoms with Gasteiger partial charge in [0.2, 0.25) is 17.7 Å². The van der Waals surface area contributed by atoms with Crippen LogP contribution in [-0.2, 0) is 14.4 Å². The van der Waals surface area contributed by atoms with Crippen molar-refractivity contribution >= 4 is 29.3 Å². The van der Waals surface area contributed by atoms with E-state index in [-0.39, 0.29) is 36.1 Å². The largest absolute Gasteiger partial charge is 0.339 e. The molecule has 1 aromatic rings. The molecule has 6 nitrogen and oxygen atoms in total. The highest BCUT2D eigenvalue weighted by molar-refractivity contribution is 6.18. The monoisotopic (exact) mass is 391 g/mol. The normalized spacial score (nSPS) is 21.5. The smallest absolute Gasteiger partial charge is 0.228 e. The average molecular weight is 392 g/mol. The summed E-state index contributed by atoms with van der Waals surface area (Å²) in [5, 5.41) is 0. The molecule has 2 saturated heterocycles. The number of hydrogen-bond donors (Lipinski definition) is 0. The Hall–Kier alpha value is -2.08. The summed E-state index contributed by atoms with van der Waals surface area (Å²) in [4.78, 5) is 42.6. The van der Waals surface area contributed by atoms with Crippen LogP contribution in [0.4, 0.5) is 0 Å². The van der Waals surface area contributed by atoms with E-state index in [4.69, 9.17) is 11.6 Å². The van der Waals surface area contributed by atoms with E-state index in [0.29, 0.717) is 45.0 Å². The zero-order valence-corrected chi connectivity index (χ0v) is 16.4. The van der Waals surface area contributed by atoms with Gasteiger partial charge in [0.25, 0.3) is 0 Å². The molecule has 2 fully saturated rings. The third kappa shape index (κ3) is 4.43. The first kappa shape index (κ1) is 19.7. The predicted octanol–water partition coefficient (Wildman–Crippen LogP) is 1.90. The van der Waals surface area contributed by atoms with Crippen LogP contribution in [0.25, 0.3) is 0 Å². The van der Waals surface area contributed by atoms with Crippen molar-refractivity contribution in [2.45, 2.75) is 25.8 Å². The molecule has 27 heavy (non-hydrogen) atoms. The summed E-state index contributed by atoms with van der Waals surface area (Å²) in [6.07, 6.45) is 0.598. The summed E-state index contributed by atoms with van der Waals surface area (Å²) >= 11 is 5.63. The lowest BCUT2D eigenvalue weighted by Gasteiger charge is -2.36. The minimum absolute atomic E-state index is 0.0237. The Morgan fingerprint density at radius 1 is 1.11 bits per heavy atom. The van der Waals surface area contributed by atoms with Crippen LogP contribution in [0.2, 0.25) is 0 Å². The molecule has 3 rings (SSSR count). The molecule has 2 aliphatic heterocycles. The van der Waals surface area contributed by atoms with E-state index in [0.717, 1.165) is 5.56 Å². The Morgan fingerprint density at radius 2 is 1.74 bits per heavy atom. The highest BCUT2D eigenvalue weighted by atomic mass is 35.5. The van der Waals surface area contributed by atoms with Gasteiger partial charge in [-0.15, -0.1) is 11.6 Å². The second kappa shape index (κ2) is 8.74. The minimum Gasteiger partial charge on any atom is -0.339 e. The molecular formula is C20H26ClN3O3. The molecule has 2 heterocycles. The lowest BCUT2D eigenvalue weighted by molar-refractivity contribution is -0.141. The van der Waals surface area contributed by atoms with Gasteiger partial charge in [-0.1, -0.05) is 30.3 Å². The molecule has 0 aliphatic carbocycles. The fraction of sp³-hybridized carbons (Fsp3) is 0.550. The van der Waals surface area contributed by atoms with Crippen molar-refractivity contribution in [2.75, 3.05) is 38.6 Å². The van der Waals surface area contributed by atoms with E-state index in [1.165, 1.54) is 0 Å². The third-order valence-corrected chi connectivity index (χ3v) is 5.70. The van der Waals surface area contributed by atoms with Gasteiger partial charge in [-0.2, -0.15) is 0 Å². The standard InChI is InChI=1S/C20H26ClN3O3/c1-15(16-5-3-2-4-6-16)24-14-17(13-19(24)26)20(27)23-11-9-22(10-12-23)18(25)7-8-21/h2-6,15,17H,7-14H2,1H3. The number of piperazine rings is 1. The zero-order valence-electron chi connectivity index (χ0n) is 15.6. The first-order valence-corrected chi connectivity index (χ1v) is 10.0. The third-order valence-electron chi connectivity index (χ3n) is 5.51. The molecule has 0 spiro atoms. The van der Waals surface area contributed by atoms with Gasteiger partial charge in [0.15, 0.2) is 0 Å². The van der Waals surface area contributed by atoms with Crippen molar-refractivity contribution in [3.05, 3.63) is 35.9 Å². The number of rotatable bonds is 5. The number of hydrogen-bond acceptors (Lipinski definition) is 3. The van der Waals surface area contributed by atoms with Crippen molar-refractivity contribution < 1.29 is 14.4 Å². The molecule has 3 amide bonds. The van der Waals surface area contributed by atoms with Crippen LogP contribution >= 0.6 is 11.6 Å². The first-order valence-electron chi connectivity index (χ1n) is 9.48. The number of alkyl halides is 1. The van der Waals surface area contributed by atoms with Crippen LogP contribution in [0.5, 0.6) is 0 Å². The van der Waals surface area contributed by atoms with E-state index < -0.39 is 0 Å². The average Bonchev–Trinajstić information content (AvgIpc) is 3.09. The van der Waals surface area contributed by atoms with E-state index in [1.54, 1.807) is 14.7 Å². The maximum atomic E-state index is 12.9. The Kier molecular flexibility index (Phi) is 6.37. The highest BCUT2D eigenvalue weighted by Gasteiger charge is 2.39. The summed E-state index contributed by atoms with van der Waals surface area (Å²) < 4.78 is 0. The number of likely N-dealkylation sites (tertiary alicyclic amines) is 1. The Morgan fingerprint density at radius 3 is 2.37 bits per heavy atom. The topological polar surface area (TPSA) is 60.9 Å². The summed E-state index contributed by atoms with van der Waals surface area (Å²) in [5.41, 5.74) is 1.07. The van der Waals surface area contributed by atoms with Gasteiger partial charge in [0, 0.05) is 51.4 Å². The van der Waals surface area contributed by atoms with Crippen LogP contribution in [-0.4, -0.2) is 71.0 Å². The van der Waals surface area contributed by atoms with E-state index in [2.05, 4.69) is 0 Å². The Labute approximate surface area is 165 Å². The molecule has 0 N–H and O–H groups in total. The lowest BCUT2D eigenvalue weighted by atomic mass is 10.1. The quantitative estimate of drug-likeness (QED) is 0.720. The second-order valence-corrected chi connectivity index (χ2v) is 7.56. The van der Waals surface area contributed by atoms with Gasteiger partial charge >= 0.3 is 0 Å². The molecule has 2 atom stereocenters. The maximum absolute atomic E-state index is 12.9. The fourth-order valence-electron chi connectivity index (χ4n) is 3.86. The number of carbonyl (C=O) groups excluding carboxylic acids is 3. The van der Waals surface area contributed by atoms with Crippen molar-refractivity contribution in [2.24, 2.45) is 5.92 Å². The van der Waals surface area contributed by atoms with Gasteiger partial charge in [-0.3, -0.25) is 14.4 Å². The molecule has 2 aliphatic rings. The number of halogens is 1. The fourth-order valence-corrected chi connectivity index (χ4v) is 4.02. The van der Waals surface area contributed by atoms with Gasteiger partial charge in [0.1, 0.15) is 0 Å². The number of nitrogens with zero attached hydrogens (tertiary/aromatic N) is 3. The van der Waals surface area contributed by atoms with Gasteiger partial charge in [-0.05, 0) is 12.5 Å². The molecule has 1 aromatic carbocycles. The molecular weight excluding hydrogens is 366 g/mol. The van der Waals surface area contributed by atoms with Crippen LogP contribution < -0.4 is 0 Å². The van der Waals surface area contributed by atoms with Gasteiger partial charge < -0.3 is 14.7 Å². The van der Waals surface area contributed by atoms with Gasteiger partial charge in [0.05, 0.1) is 12.0 Å². The number of carbonyl (C=O) groups is 3. The number of amides is 3. The second-order valence-electron chi connectivity index (χ2n) is 7.18. The van der Waals surface area contributed by atoms with Crippen molar-refractivity contribution in [3.8, 4) is 0 Å². The lowest BCUT2D eigenvalue weighted by Crippen LogP contribution is -2.52. The van der Waals surface area contributed by atoms with Crippen LogP contribution in [0, 0.1) is 5.92 Å². The van der Waals surface area contributed by atoms with Crippen LogP contribution in [0.3, 0.4) is 0 Å². The highest BCUT2D eigenvalue weighted by Crippen LogP contribution is 2.29. The zero-order chi connectivity index (χ0) is 19.4.